The number of Topliss-reactive ketones (excluding diaryl/α,β-unsaturated/α-hetero) is 1. The highest BCUT2D eigenvalue weighted by Crippen LogP contribution is 2.22. The molecule has 2 N–H and O–H groups in total. The molecule has 0 unspecified atom stereocenters. The molecule has 1 aromatic rings. The minimum absolute atomic E-state index is 0. The number of hydrogen-bond donors (Lipinski definition) is 2. The Morgan fingerprint density at radius 3 is 2.56 bits per heavy atom. The lowest BCUT2D eigenvalue weighted by molar-refractivity contribution is -0.130. The Bertz CT molecular complexity index is 617. The molecule has 1 aliphatic heterocycles. The monoisotopic (exact) mass is 370 g/mol. The third-order valence-electron chi connectivity index (χ3n) is 4.35. The van der Waals surface area contributed by atoms with Crippen LogP contribution in [0, 0.1) is 5.92 Å². The van der Waals surface area contributed by atoms with Gasteiger partial charge in [0, 0.05) is 0 Å². The van der Waals surface area contributed by atoms with Crippen LogP contribution >= 0.6 is 13.5 Å². The van der Waals surface area contributed by atoms with E-state index in [1.165, 1.54) is 18.6 Å². The molecule has 1 aromatic heterocycles. The maximum atomic E-state index is 12.7. The van der Waals surface area contributed by atoms with E-state index in [1.807, 2.05) is 13.8 Å². The van der Waals surface area contributed by atoms with Gasteiger partial charge in [-0.2, -0.15) is 13.5 Å². The molecule has 0 aliphatic carbocycles. The van der Waals surface area contributed by atoms with Gasteiger partial charge in [-0.25, -0.2) is 0 Å². The molecule has 0 radical (unpaired) electrons. The number of furan rings is 1. The van der Waals surface area contributed by atoms with Crippen molar-refractivity contribution in [3.8, 4) is 0 Å². The second-order valence-corrected chi connectivity index (χ2v) is 6.74. The van der Waals surface area contributed by atoms with Gasteiger partial charge in [0.2, 0.25) is 5.91 Å². The van der Waals surface area contributed by atoms with E-state index < -0.39 is 29.5 Å². The van der Waals surface area contributed by atoms with Crippen molar-refractivity contribution in [3.63, 3.8) is 0 Å². The van der Waals surface area contributed by atoms with Gasteiger partial charge in [0.25, 0.3) is 5.91 Å². The number of ether oxygens (including phenoxy) is 1. The molecule has 0 aromatic carbocycles. The van der Waals surface area contributed by atoms with Crippen molar-refractivity contribution in [3.05, 3.63) is 24.2 Å². The van der Waals surface area contributed by atoms with Crippen LogP contribution in [0.5, 0.6) is 0 Å². The van der Waals surface area contributed by atoms with Crippen LogP contribution in [-0.4, -0.2) is 41.9 Å². The van der Waals surface area contributed by atoms with Gasteiger partial charge >= 0.3 is 0 Å². The van der Waals surface area contributed by atoms with Crippen molar-refractivity contribution in [2.24, 2.45) is 5.92 Å². The Labute approximate surface area is 154 Å². The maximum absolute atomic E-state index is 12.7. The van der Waals surface area contributed by atoms with Gasteiger partial charge in [0.1, 0.15) is 24.5 Å². The lowest BCUT2D eigenvalue weighted by Gasteiger charge is -2.30. The van der Waals surface area contributed by atoms with Crippen molar-refractivity contribution in [1.82, 2.24) is 10.6 Å². The summed E-state index contributed by atoms with van der Waals surface area (Å²) in [7, 11) is 0. The molecule has 0 spiro atoms. The highest BCUT2D eigenvalue weighted by molar-refractivity contribution is 7.59. The zero-order valence-electron chi connectivity index (χ0n) is 14.9. The zero-order chi connectivity index (χ0) is 17.9. The third kappa shape index (κ3) is 4.85. The van der Waals surface area contributed by atoms with Gasteiger partial charge in [0.05, 0.1) is 17.9 Å². The van der Waals surface area contributed by atoms with E-state index in [0.717, 1.165) is 0 Å². The van der Waals surface area contributed by atoms with Crippen molar-refractivity contribution in [2.45, 2.75) is 51.8 Å². The molecule has 0 bridgehead atoms. The van der Waals surface area contributed by atoms with E-state index in [4.69, 9.17) is 9.15 Å². The van der Waals surface area contributed by atoms with Gasteiger partial charge in [0.15, 0.2) is 5.78 Å². The normalized spacial score (nSPS) is 23.9. The first-order valence-corrected chi connectivity index (χ1v) is 8.04. The highest BCUT2D eigenvalue weighted by atomic mass is 32.1. The minimum atomic E-state index is -1.08. The molecule has 25 heavy (non-hydrogen) atoms. The summed E-state index contributed by atoms with van der Waals surface area (Å²) >= 11 is 0. The van der Waals surface area contributed by atoms with E-state index >= 15 is 0 Å². The van der Waals surface area contributed by atoms with Crippen molar-refractivity contribution in [1.29, 1.82) is 0 Å². The Kier molecular flexibility index (Phi) is 7.25. The molecule has 1 saturated heterocycles. The molecule has 2 amide bonds. The Morgan fingerprint density at radius 2 is 2.08 bits per heavy atom. The molecule has 2 rings (SSSR count). The predicted molar refractivity (Wildman–Crippen MR) is 96.8 cm³/mol. The standard InChI is InChI=1S/C17H24N2O5.H2S/c1-10(2)7-13(18-15(21)12-5-6-23-8-12)16(22)19-17(4)11(3)24-9-14(17)20;/h5-6,8,10-11,13H,7,9H2,1-4H3,(H,18,21)(H,19,22);1H2/t11-,13+,17-;/m1./s1. The fourth-order valence-electron chi connectivity index (χ4n) is 2.60. The molecule has 8 heteroatoms. The van der Waals surface area contributed by atoms with E-state index in [2.05, 4.69) is 10.6 Å². The van der Waals surface area contributed by atoms with Crippen LogP contribution in [0.25, 0.3) is 0 Å². The van der Waals surface area contributed by atoms with E-state index in [0.29, 0.717) is 12.0 Å². The van der Waals surface area contributed by atoms with E-state index in [1.54, 1.807) is 13.8 Å². The molecule has 3 atom stereocenters. The molecule has 1 fully saturated rings. The number of amides is 2. The SMILES string of the molecule is CC(C)C[C@H](NC(=O)c1ccoc1)C(=O)N[C@@]1(C)C(=O)CO[C@@H]1C.S. The van der Waals surface area contributed by atoms with Crippen LogP contribution in [-0.2, 0) is 14.3 Å². The van der Waals surface area contributed by atoms with Crippen LogP contribution in [0.3, 0.4) is 0 Å². The van der Waals surface area contributed by atoms with Gasteiger partial charge < -0.3 is 19.8 Å². The van der Waals surface area contributed by atoms with Gasteiger partial charge in [-0.15, -0.1) is 0 Å². The molecule has 0 saturated carbocycles. The second kappa shape index (κ2) is 8.53. The Balaban J connectivity index is 0.00000312. The molecule has 1 aliphatic rings. The lowest BCUT2D eigenvalue weighted by Crippen LogP contribution is -2.60. The zero-order valence-corrected chi connectivity index (χ0v) is 15.9. The van der Waals surface area contributed by atoms with Crippen LogP contribution < -0.4 is 10.6 Å². The molecule has 7 nitrogen and oxygen atoms in total. The van der Waals surface area contributed by atoms with Crippen LogP contribution in [0.2, 0.25) is 0 Å². The summed E-state index contributed by atoms with van der Waals surface area (Å²) in [5, 5.41) is 5.47. The summed E-state index contributed by atoms with van der Waals surface area (Å²) in [6.45, 7) is 7.28. The fourth-order valence-corrected chi connectivity index (χ4v) is 2.60. The third-order valence-corrected chi connectivity index (χ3v) is 4.35. The van der Waals surface area contributed by atoms with Crippen molar-refractivity contribution in [2.75, 3.05) is 6.61 Å². The average Bonchev–Trinajstić information content (AvgIpc) is 3.11. The quantitative estimate of drug-likeness (QED) is 0.789. The summed E-state index contributed by atoms with van der Waals surface area (Å²) in [6, 6.07) is 0.780. The van der Waals surface area contributed by atoms with Crippen LogP contribution in [0.15, 0.2) is 23.0 Å². The van der Waals surface area contributed by atoms with E-state index in [9.17, 15) is 14.4 Å². The Morgan fingerprint density at radius 1 is 1.40 bits per heavy atom. The van der Waals surface area contributed by atoms with E-state index in [-0.39, 0.29) is 31.8 Å². The topological polar surface area (TPSA) is 97.6 Å². The predicted octanol–water partition coefficient (Wildman–Crippen LogP) is 1.40. The number of nitrogens with one attached hydrogen (secondary N) is 2. The number of ketones is 1. The van der Waals surface area contributed by atoms with Crippen molar-refractivity contribution < 1.29 is 23.5 Å². The minimum Gasteiger partial charge on any atom is -0.472 e. The number of carbonyl (C=O) groups is 3. The van der Waals surface area contributed by atoms with Gasteiger partial charge in [-0.05, 0) is 32.3 Å². The molecule has 2 heterocycles. The number of rotatable bonds is 6. The van der Waals surface area contributed by atoms with Crippen LogP contribution in [0.1, 0.15) is 44.5 Å². The summed E-state index contributed by atoms with van der Waals surface area (Å²) in [6.07, 6.45) is 2.74. The second-order valence-electron chi connectivity index (χ2n) is 6.74. The van der Waals surface area contributed by atoms with Gasteiger partial charge in [-0.3, -0.25) is 14.4 Å². The number of carbonyl (C=O) groups excluding carboxylic acids is 3. The summed E-state index contributed by atoms with van der Waals surface area (Å²) in [5.41, 5.74) is -0.733. The summed E-state index contributed by atoms with van der Waals surface area (Å²) in [4.78, 5) is 36.9. The maximum Gasteiger partial charge on any atom is 0.255 e. The highest BCUT2D eigenvalue weighted by Gasteiger charge is 2.47. The largest absolute Gasteiger partial charge is 0.472 e. The summed E-state index contributed by atoms with van der Waals surface area (Å²) < 4.78 is 10.2. The Hall–Kier alpha value is -1.80. The smallest absolute Gasteiger partial charge is 0.255 e. The number of hydrogen-bond acceptors (Lipinski definition) is 5. The summed E-state index contributed by atoms with van der Waals surface area (Å²) in [5.74, 6) is -0.774. The first-order chi connectivity index (χ1) is 11.2. The molecular formula is C17H26N2O5S. The first-order valence-electron chi connectivity index (χ1n) is 8.04. The van der Waals surface area contributed by atoms with Gasteiger partial charge in [-0.1, -0.05) is 13.8 Å². The average molecular weight is 370 g/mol. The molecule has 140 valence electrons. The lowest BCUT2D eigenvalue weighted by atomic mass is 9.92. The first kappa shape index (κ1) is 21.2. The van der Waals surface area contributed by atoms with Crippen LogP contribution in [0.4, 0.5) is 0 Å². The van der Waals surface area contributed by atoms with Crippen molar-refractivity contribution >= 4 is 31.1 Å². The molecular weight excluding hydrogens is 344 g/mol. The fraction of sp³-hybridized carbons (Fsp3) is 0.588.